The van der Waals surface area contributed by atoms with Crippen molar-refractivity contribution in [2.45, 2.75) is 52.0 Å². The maximum atomic E-state index is 5.18. The number of rotatable bonds is 6. The van der Waals surface area contributed by atoms with Crippen LogP contribution in [-0.4, -0.2) is 12.6 Å². The van der Waals surface area contributed by atoms with Gasteiger partial charge in [0, 0.05) is 6.04 Å². The van der Waals surface area contributed by atoms with Gasteiger partial charge in [0.15, 0.2) is 0 Å². The van der Waals surface area contributed by atoms with Gasteiger partial charge in [0.05, 0.1) is 12.5 Å². The maximum Gasteiger partial charge on any atom is 0.0935 e. The van der Waals surface area contributed by atoms with Crippen LogP contribution in [0.2, 0.25) is 0 Å². The molecule has 96 valence electrons. The molecule has 0 amide bonds. The fraction of sp³-hybridized carbons (Fsp3) is 0.733. The van der Waals surface area contributed by atoms with Gasteiger partial charge < -0.3 is 9.73 Å². The summed E-state index contributed by atoms with van der Waals surface area (Å²) < 4.78 is 5.18. The van der Waals surface area contributed by atoms with Crippen LogP contribution in [0.15, 0.2) is 23.0 Å². The van der Waals surface area contributed by atoms with Crippen LogP contribution in [0, 0.1) is 11.8 Å². The second-order valence-electron chi connectivity index (χ2n) is 5.47. The van der Waals surface area contributed by atoms with E-state index in [0.29, 0.717) is 6.04 Å². The van der Waals surface area contributed by atoms with Gasteiger partial charge in [-0.1, -0.05) is 26.7 Å². The molecule has 3 unspecified atom stereocenters. The first-order valence-electron chi connectivity index (χ1n) is 7.05. The Morgan fingerprint density at radius 2 is 2.35 bits per heavy atom. The van der Waals surface area contributed by atoms with Gasteiger partial charge in [-0.25, -0.2) is 0 Å². The van der Waals surface area contributed by atoms with Crippen LogP contribution in [-0.2, 0) is 6.42 Å². The van der Waals surface area contributed by atoms with E-state index in [1.807, 2.05) is 6.26 Å². The molecule has 1 aliphatic carbocycles. The summed E-state index contributed by atoms with van der Waals surface area (Å²) >= 11 is 0. The third-order valence-electron chi connectivity index (χ3n) is 4.14. The molecule has 0 spiro atoms. The first-order chi connectivity index (χ1) is 8.31. The predicted octanol–water partition coefficient (Wildman–Crippen LogP) is 3.63. The van der Waals surface area contributed by atoms with Gasteiger partial charge in [-0.05, 0) is 49.3 Å². The van der Waals surface area contributed by atoms with Crippen molar-refractivity contribution in [3.63, 3.8) is 0 Å². The maximum absolute atomic E-state index is 5.18. The molecule has 1 N–H and O–H groups in total. The number of furan rings is 1. The van der Waals surface area contributed by atoms with Crippen LogP contribution in [0.1, 0.15) is 45.1 Å². The highest BCUT2D eigenvalue weighted by Crippen LogP contribution is 2.34. The molecule has 0 bridgehead atoms. The Hall–Kier alpha value is -0.760. The zero-order valence-corrected chi connectivity index (χ0v) is 11.1. The summed E-state index contributed by atoms with van der Waals surface area (Å²) in [7, 11) is 0. The van der Waals surface area contributed by atoms with Gasteiger partial charge in [-0.2, -0.15) is 0 Å². The summed E-state index contributed by atoms with van der Waals surface area (Å²) in [5, 5.41) is 3.74. The van der Waals surface area contributed by atoms with E-state index in [-0.39, 0.29) is 0 Å². The smallest absolute Gasteiger partial charge is 0.0935 e. The lowest BCUT2D eigenvalue weighted by Gasteiger charge is -2.27. The molecule has 0 saturated heterocycles. The van der Waals surface area contributed by atoms with Crippen molar-refractivity contribution in [3.8, 4) is 0 Å². The summed E-state index contributed by atoms with van der Waals surface area (Å²) in [6.07, 6.45) is 10.2. The fourth-order valence-electron chi connectivity index (χ4n) is 3.14. The van der Waals surface area contributed by atoms with E-state index in [2.05, 4.69) is 25.2 Å². The van der Waals surface area contributed by atoms with Crippen LogP contribution < -0.4 is 5.32 Å². The molecule has 2 heteroatoms. The Kier molecular flexibility index (Phi) is 4.66. The van der Waals surface area contributed by atoms with Gasteiger partial charge in [0.1, 0.15) is 0 Å². The summed E-state index contributed by atoms with van der Waals surface area (Å²) in [4.78, 5) is 0. The molecule has 2 rings (SSSR count). The highest BCUT2D eigenvalue weighted by atomic mass is 16.3. The number of hydrogen-bond acceptors (Lipinski definition) is 2. The van der Waals surface area contributed by atoms with E-state index in [9.17, 15) is 0 Å². The average Bonchev–Trinajstić information content (AvgIpc) is 2.95. The lowest BCUT2D eigenvalue weighted by Crippen LogP contribution is -2.39. The van der Waals surface area contributed by atoms with Crippen molar-refractivity contribution in [1.29, 1.82) is 0 Å². The molecular weight excluding hydrogens is 210 g/mol. The van der Waals surface area contributed by atoms with Gasteiger partial charge in [0.25, 0.3) is 0 Å². The second-order valence-corrected chi connectivity index (χ2v) is 5.47. The zero-order chi connectivity index (χ0) is 12.1. The topological polar surface area (TPSA) is 25.2 Å². The van der Waals surface area contributed by atoms with Crippen molar-refractivity contribution in [3.05, 3.63) is 24.2 Å². The minimum Gasteiger partial charge on any atom is -0.472 e. The van der Waals surface area contributed by atoms with Gasteiger partial charge >= 0.3 is 0 Å². The van der Waals surface area contributed by atoms with Crippen LogP contribution in [0.25, 0.3) is 0 Å². The molecule has 0 aromatic carbocycles. The van der Waals surface area contributed by atoms with Crippen molar-refractivity contribution >= 4 is 0 Å². The van der Waals surface area contributed by atoms with Crippen LogP contribution in [0.4, 0.5) is 0 Å². The minimum absolute atomic E-state index is 0.630. The highest BCUT2D eigenvalue weighted by Gasteiger charge is 2.30. The third-order valence-corrected chi connectivity index (χ3v) is 4.14. The molecule has 0 radical (unpaired) electrons. The second kappa shape index (κ2) is 6.25. The van der Waals surface area contributed by atoms with Crippen molar-refractivity contribution in [1.82, 2.24) is 5.32 Å². The SMILES string of the molecule is CCCNC(Cc1ccoc1)C1CCCC1C. The van der Waals surface area contributed by atoms with E-state index < -0.39 is 0 Å². The molecule has 3 atom stereocenters. The lowest BCUT2D eigenvalue weighted by molar-refractivity contribution is 0.295. The molecule has 0 aliphatic heterocycles. The monoisotopic (exact) mass is 235 g/mol. The van der Waals surface area contributed by atoms with Crippen molar-refractivity contribution in [2.75, 3.05) is 6.54 Å². The Balaban J connectivity index is 1.97. The molecule has 1 aliphatic rings. The van der Waals surface area contributed by atoms with Gasteiger partial charge in [0.2, 0.25) is 0 Å². The quantitative estimate of drug-likeness (QED) is 0.814. The lowest BCUT2D eigenvalue weighted by atomic mass is 9.87. The predicted molar refractivity (Wildman–Crippen MR) is 71.0 cm³/mol. The summed E-state index contributed by atoms with van der Waals surface area (Å²) in [6.45, 7) is 5.78. The zero-order valence-electron chi connectivity index (χ0n) is 11.1. The first-order valence-corrected chi connectivity index (χ1v) is 7.05. The molecule has 17 heavy (non-hydrogen) atoms. The summed E-state index contributed by atoms with van der Waals surface area (Å²) in [5.41, 5.74) is 1.33. The largest absolute Gasteiger partial charge is 0.472 e. The van der Waals surface area contributed by atoms with E-state index in [1.165, 1.54) is 31.2 Å². The Morgan fingerprint density at radius 3 is 2.94 bits per heavy atom. The Labute approximate surface area is 105 Å². The molecule has 1 heterocycles. The molecule has 1 aromatic rings. The van der Waals surface area contributed by atoms with E-state index in [4.69, 9.17) is 4.42 Å². The third kappa shape index (κ3) is 3.35. The summed E-state index contributed by atoms with van der Waals surface area (Å²) in [5.74, 6) is 1.72. The molecular formula is C15H25NO. The Morgan fingerprint density at radius 1 is 1.47 bits per heavy atom. The molecule has 1 fully saturated rings. The summed E-state index contributed by atoms with van der Waals surface area (Å²) in [6, 6.07) is 2.73. The minimum atomic E-state index is 0.630. The fourth-order valence-corrected chi connectivity index (χ4v) is 3.14. The van der Waals surface area contributed by atoms with Gasteiger partial charge in [-0.15, -0.1) is 0 Å². The van der Waals surface area contributed by atoms with E-state index in [1.54, 1.807) is 6.26 Å². The van der Waals surface area contributed by atoms with Crippen LogP contribution in [0.3, 0.4) is 0 Å². The Bertz CT molecular complexity index is 307. The van der Waals surface area contributed by atoms with Gasteiger partial charge in [-0.3, -0.25) is 0 Å². The molecule has 2 nitrogen and oxygen atoms in total. The van der Waals surface area contributed by atoms with Crippen molar-refractivity contribution < 1.29 is 4.42 Å². The average molecular weight is 235 g/mol. The highest BCUT2D eigenvalue weighted by molar-refractivity contribution is 5.08. The first kappa shape index (κ1) is 12.7. The normalized spacial score (nSPS) is 26.2. The van der Waals surface area contributed by atoms with Crippen LogP contribution in [0.5, 0.6) is 0 Å². The molecule has 1 aromatic heterocycles. The molecule has 1 saturated carbocycles. The van der Waals surface area contributed by atoms with E-state index >= 15 is 0 Å². The standard InChI is InChI=1S/C15H25NO/c1-3-8-16-15(10-13-7-9-17-11-13)14-6-4-5-12(14)2/h7,9,11-12,14-16H,3-6,8,10H2,1-2H3. The van der Waals surface area contributed by atoms with Crippen molar-refractivity contribution in [2.24, 2.45) is 11.8 Å². The van der Waals surface area contributed by atoms with Crippen LogP contribution >= 0.6 is 0 Å². The van der Waals surface area contributed by atoms with E-state index in [0.717, 1.165) is 24.8 Å². The number of hydrogen-bond donors (Lipinski definition) is 1. The number of nitrogens with one attached hydrogen (secondary N) is 1.